The minimum Gasteiger partial charge on any atom is -0.507 e. The van der Waals surface area contributed by atoms with Crippen molar-refractivity contribution in [2.24, 2.45) is 5.73 Å². The largest absolute Gasteiger partial charge is 0.507 e. The molecule has 0 saturated carbocycles. The molecule has 1 aromatic carbocycles. The lowest BCUT2D eigenvalue weighted by atomic mass is 9.82. The van der Waals surface area contributed by atoms with Gasteiger partial charge in [-0.05, 0) is 31.4 Å². The topological polar surface area (TPSA) is 124 Å². The molecule has 0 aliphatic rings. The Hall–Kier alpha value is -1.57. The molecule has 1 rings (SSSR count). The maximum Gasteiger partial charge on any atom is 0.451 e. The van der Waals surface area contributed by atoms with Crippen LogP contribution in [0, 0.1) is 0 Å². The molecular formula is C14H28BNO5. The molecule has 0 spiro atoms. The van der Waals surface area contributed by atoms with Crippen LogP contribution in [0.4, 0.5) is 0 Å². The molecule has 6 N–H and O–H groups in total. The van der Waals surface area contributed by atoms with Crippen LogP contribution in [0.15, 0.2) is 18.2 Å². The predicted octanol–water partition coefficient (Wildman–Crippen LogP) is 1.73. The van der Waals surface area contributed by atoms with E-state index >= 15 is 0 Å². The van der Waals surface area contributed by atoms with Crippen LogP contribution >= 0.6 is 0 Å². The molecule has 0 aromatic heterocycles. The van der Waals surface area contributed by atoms with Gasteiger partial charge in [0.25, 0.3) is 0 Å². The second-order valence-electron chi connectivity index (χ2n) is 3.14. The number of carboxylic acid groups (broad SMARTS) is 1. The van der Waals surface area contributed by atoms with Gasteiger partial charge in [-0.15, -0.1) is 0 Å². The van der Waals surface area contributed by atoms with Gasteiger partial charge in [-0.25, -0.2) is 4.79 Å². The van der Waals surface area contributed by atoms with Crippen LogP contribution in [0.2, 0.25) is 6.32 Å². The molecule has 0 fully saturated rings. The van der Waals surface area contributed by atoms with Gasteiger partial charge in [-0.3, -0.25) is 0 Å². The molecule has 0 unspecified atom stereocenters. The van der Waals surface area contributed by atoms with Gasteiger partial charge in [-0.1, -0.05) is 39.8 Å². The van der Waals surface area contributed by atoms with E-state index in [0.29, 0.717) is 5.56 Å². The van der Waals surface area contributed by atoms with E-state index in [1.165, 1.54) is 19.2 Å². The molecule has 7 heteroatoms. The monoisotopic (exact) mass is 301 g/mol. The zero-order valence-corrected chi connectivity index (χ0v) is 13.5. The number of aromatic hydroxyl groups is 1. The van der Waals surface area contributed by atoms with Crippen molar-refractivity contribution in [1.29, 1.82) is 0 Å². The number of phenols is 1. The summed E-state index contributed by atoms with van der Waals surface area (Å²) in [5, 5.41) is 35.5. The van der Waals surface area contributed by atoms with Gasteiger partial charge in [0, 0.05) is 0 Å². The summed E-state index contributed by atoms with van der Waals surface area (Å²) in [6.07, 6.45) is 0.265. The van der Waals surface area contributed by atoms with Crippen LogP contribution in [-0.4, -0.2) is 40.4 Å². The number of carbonyl (C=O) groups is 1. The first-order valence-electron chi connectivity index (χ1n) is 7.00. The average Bonchev–Trinajstić information content (AvgIpc) is 2.52. The van der Waals surface area contributed by atoms with E-state index < -0.39 is 13.1 Å². The van der Waals surface area contributed by atoms with E-state index in [1.54, 1.807) is 6.07 Å². The van der Waals surface area contributed by atoms with Crippen LogP contribution in [0.25, 0.3) is 0 Å². The van der Waals surface area contributed by atoms with Crippen molar-refractivity contribution in [3.8, 4) is 5.75 Å². The molecule has 0 bridgehead atoms. The van der Waals surface area contributed by atoms with Crippen LogP contribution in [0.1, 0.15) is 43.6 Å². The van der Waals surface area contributed by atoms with E-state index in [2.05, 4.69) is 5.73 Å². The third-order valence-corrected chi connectivity index (χ3v) is 2.02. The van der Waals surface area contributed by atoms with Crippen LogP contribution in [0.3, 0.4) is 0 Å². The van der Waals surface area contributed by atoms with Gasteiger partial charge in [0.15, 0.2) is 0 Å². The number of hydrogen-bond donors (Lipinski definition) is 5. The number of hydrogen-bond acceptors (Lipinski definition) is 5. The highest BCUT2D eigenvalue weighted by molar-refractivity contribution is 6.41. The molecule has 0 aliphatic carbocycles. The minimum atomic E-state index is -1.46. The number of carboxylic acids is 1. The normalized spacial score (nSPS) is 8.00. The summed E-state index contributed by atoms with van der Waals surface area (Å²) in [6.45, 7) is 8.00. The number of benzene rings is 1. The Labute approximate surface area is 127 Å². The van der Waals surface area contributed by atoms with E-state index in [9.17, 15) is 9.90 Å². The standard InChI is InChI=1S/C9H11BO5.2C2H6.CH5N/c11-8-6(4-5-10(14)15)2-1-3-7(8)9(12)13;3*1-2/h1-3,11,14-15H,4-5H2,(H,12,13);2*1-2H3;2H2,1H3. The quantitative estimate of drug-likeness (QED) is 0.539. The summed E-state index contributed by atoms with van der Waals surface area (Å²) in [5.74, 6) is -1.52. The number of aromatic carboxylic acids is 1. The first-order chi connectivity index (χ1) is 10.0. The second kappa shape index (κ2) is 16.5. The van der Waals surface area contributed by atoms with Gasteiger partial charge < -0.3 is 26.0 Å². The van der Waals surface area contributed by atoms with Gasteiger partial charge in [0.05, 0.1) is 0 Å². The van der Waals surface area contributed by atoms with Gasteiger partial charge >= 0.3 is 13.1 Å². The Morgan fingerprint density at radius 1 is 1.14 bits per heavy atom. The van der Waals surface area contributed by atoms with E-state index in [0.717, 1.165) is 0 Å². The summed E-state index contributed by atoms with van der Waals surface area (Å²) in [5.41, 5.74) is 4.71. The smallest absolute Gasteiger partial charge is 0.451 e. The van der Waals surface area contributed by atoms with Crippen LogP contribution < -0.4 is 5.73 Å². The van der Waals surface area contributed by atoms with Crippen LogP contribution in [-0.2, 0) is 6.42 Å². The Balaban J connectivity index is -0.000000478. The van der Waals surface area contributed by atoms with E-state index in [-0.39, 0.29) is 24.1 Å². The van der Waals surface area contributed by atoms with Crippen molar-refractivity contribution >= 4 is 13.1 Å². The first kappa shape index (κ1) is 24.5. The SMILES string of the molecule is CC.CC.CN.O=C(O)c1cccc(CCB(O)O)c1O. The molecular weight excluding hydrogens is 273 g/mol. The van der Waals surface area contributed by atoms with Gasteiger partial charge in [-0.2, -0.15) is 0 Å². The lowest BCUT2D eigenvalue weighted by Gasteiger charge is -2.06. The fourth-order valence-corrected chi connectivity index (χ4v) is 1.25. The lowest BCUT2D eigenvalue weighted by molar-refractivity contribution is 0.0693. The Morgan fingerprint density at radius 2 is 1.62 bits per heavy atom. The van der Waals surface area contributed by atoms with E-state index in [1.807, 2.05) is 27.7 Å². The number of rotatable bonds is 4. The fourth-order valence-electron chi connectivity index (χ4n) is 1.25. The molecule has 0 radical (unpaired) electrons. The number of para-hydroxylation sites is 1. The van der Waals surface area contributed by atoms with Crippen molar-refractivity contribution < 1.29 is 25.1 Å². The second-order valence-corrected chi connectivity index (χ2v) is 3.14. The Bertz CT molecular complexity index is 372. The highest BCUT2D eigenvalue weighted by atomic mass is 16.4. The van der Waals surface area contributed by atoms with Crippen LogP contribution in [0.5, 0.6) is 5.75 Å². The summed E-state index contributed by atoms with van der Waals surface area (Å²) in [6, 6.07) is 4.34. The van der Waals surface area contributed by atoms with Crippen molar-refractivity contribution in [3.63, 3.8) is 0 Å². The molecule has 122 valence electrons. The molecule has 21 heavy (non-hydrogen) atoms. The molecule has 0 heterocycles. The van der Waals surface area contributed by atoms with Crippen molar-refractivity contribution in [2.75, 3.05) is 7.05 Å². The van der Waals surface area contributed by atoms with Crippen molar-refractivity contribution in [3.05, 3.63) is 29.3 Å². The predicted molar refractivity (Wildman–Crippen MR) is 86.6 cm³/mol. The molecule has 0 atom stereocenters. The third-order valence-electron chi connectivity index (χ3n) is 2.02. The average molecular weight is 301 g/mol. The highest BCUT2D eigenvalue weighted by Crippen LogP contribution is 2.23. The number of aryl methyl sites for hydroxylation is 1. The zero-order chi connectivity index (χ0) is 17.4. The Morgan fingerprint density at radius 3 is 2.00 bits per heavy atom. The number of nitrogens with two attached hydrogens (primary N) is 1. The minimum absolute atomic E-state index is 0.0522. The molecule has 0 saturated heterocycles. The van der Waals surface area contributed by atoms with Crippen molar-refractivity contribution in [2.45, 2.75) is 40.4 Å². The first-order valence-corrected chi connectivity index (χ1v) is 7.00. The summed E-state index contributed by atoms with van der Waals surface area (Å²) in [7, 11) is 0.0397. The maximum atomic E-state index is 10.7. The summed E-state index contributed by atoms with van der Waals surface area (Å²) in [4.78, 5) is 10.7. The Kier molecular flexibility index (Phi) is 19.2. The molecule has 6 nitrogen and oxygen atoms in total. The lowest BCUT2D eigenvalue weighted by Crippen LogP contribution is -2.11. The van der Waals surface area contributed by atoms with Gasteiger partial charge in [0.2, 0.25) is 0 Å². The van der Waals surface area contributed by atoms with Gasteiger partial charge in [0.1, 0.15) is 11.3 Å². The van der Waals surface area contributed by atoms with E-state index in [4.69, 9.17) is 15.2 Å². The highest BCUT2D eigenvalue weighted by Gasteiger charge is 2.14. The fraction of sp³-hybridized carbons (Fsp3) is 0.500. The molecule has 0 aliphatic heterocycles. The summed E-state index contributed by atoms with van der Waals surface area (Å²) < 4.78 is 0. The van der Waals surface area contributed by atoms with Crippen molar-refractivity contribution in [1.82, 2.24) is 0 Å². The maximum absolute atomic E-state index is 10.7. The summed E-state index contributed by atoms with van der Waals surface area (Å²) >= 11 is 0. The zero-order valence-electron chi connectivity index (χ0n) is 13.5. The molecule has 0 amide bonds. The molecule has 1 aromatic rings. The third kappa shape index (κ3) is 10.8.